The molecule has 0 radical (unpaired) electrons. The lowest BCUT2D eigenvalue weighted by atomic mass is 9.78. The van der Waals surface area contributed by atoms with E-state index in [0.717, 1.165) is 30.6 Å². The van der Waals surface area contributed by atoms with Crippen molar-refractivity contribution in [2.45, 2.75) is 43.7 Å². The van der Waals surface area contributed by atoms with Gasteiger partial charge in [-0.1, -0.05) is 12.1 Å². The van der Waals surface area contributed by atoms with Gasteiger partial charge in [0.05, 0.1) is 12.7 Å². The predicted molar refractivity (Wildman–Crippen MR) is 68.1 cm³/mol. The van der Waals surface area contributed by atoms with E-state index in [2.05, 4.69) is 0 Å². The molecule has 1 aliphatic rings. The van der Waals surface area contributed by atoms with E-state index in [1.54, 1.807) is 7.11 Å². The van der Waals surface area contributed by atoms with E-state index in [9.17, 15) is 5.11 Å². The van der Waals surface area contributed by atoms with Gasteiger partial charge in [-0.3, -0.25) is 0 Å². The van der Waals surface area contributed by atoms with Crippen molar-refractivity contribution in [1.29, 1.82) is 0 Å². The normalized spacial score (nSPS) is 29.0. The maximum absolute atomic E-state index is 10.5. The largest absolute Gasteiger partial charge is 0.497 e. The summed E-state index contributed by atoms with van der Waals surface area (Å²) in [6.45, 7) is 0. The van der Waals surface area contributed by atoms with E-state index < -0.39 is 5.60 Å². The van der Waals surface area contributed by atoms with E-state index in [4.69, 9.17) is 10.5 Å². The molecule has 17 heavy (non-hydrogen) atoms. The SMILES string of the molecule is COc1cccc(CC2(O)CCCC(N)C2)c1. The molecule has 3 nitrogen and oxygen atoms in total. The lowest BCUT2D eigenvalue weighted by Gasteiger charge is -2.35. The van der Waals surface area contributed by atoms with Crippen LogP contribution in [0, 0.1) is 0 Å². The van der Waals surface area contributed by atoms with Gasteiger partial charge in [0.25, 0.3) is 0 Å². The van der Waals surface area contributed by atoms with Crippen molar-refractivity contribution >= 4 is 0 Å². The second-order valence-corrected chi connectivity index (χ2v) is 5.11. The van der Waals surface area contributed by atoms with Crippen LogP contribution in [-0.4, -0.2) is 23.9 Å². The van der Waals surface area contributed by atoms with Crippen molar-refractivity contribution in [3.05, 3.63) is 29.8 Å². The van der Waals surface area contributed by atoms with Crippen LogP contribution in [0.2, 0.25) is 0 Å². The fourth-order valence-electron chi connectivity index (χ4n) is 2.71. The van der Waals surface area contributed by atoms with Crippen molar-refractivity contribution in [3.8, 4) is 5.75 Å². The average Bonchev–Trinajstić information content (AvgIpc) is 2.28. The Bertz CT molecular complexity index is 380. The standard InChI is InChI=1S/C14H21NO2/c1-17-13-6-2-4-11(8-13)9-14(16)7-3-5-12(15)10-14/h2,4,6,8,12,16H,3,5,7,9-10,15H2,1H3. The highest BCUT2D eigenvalue weighted by molar-refractivity contribution is 5.29. The van der Waals surface area contributed by atoms with Crippen molar-refractivity contribution in [2.24, 2.45) is 5.73 Å². The molecule has 2 rings (SSSR count). The van der Waals surface area contributed by atoms with Gasteiger partial charge in [-0.15, -0.1) is 0 Å². The summed E-state index contributed by atoms with van der Waals surface area (Å²) in [5.74, 6) is 0.839. The second-order valence-electron chi connectivity index (χ2n) is 5.11. The highest BCUT2D eigenvalue weighted by atomic mass is 16.5. The number of benzene rings is 1. The van der Waals surface area contributed by atoms with Crippen LogP contribution in [0.5, 0.6) is 5.75 Å². The van der Waals surface area contributed by atoms with Crippen LogP contribution in [0.1, 0.15) is 31.2 Å². The summed E-state index contributed by atoms with van der Waals surface area (Å²) in [5.41, 5.74) is 6.41. The molecule has 2 unspecified atom stereocenters. The summed E-state index contributed by atoms with van der Waals surface area (Å²) in [4.78, 5) is 0. The van der Waals surface area contributed by atoms with Crippen molar-refractivity contribution in [1.82, 2.24) is 0 Å². The van der Waals surface area contributed by atoms with Crippen LogP contribution in [0.15, 0.2) is 24.3 Å². The minimum atomic E-state index is -0.635. The summed E-state index contributed by atoms with van der Waals surface area (Å²) in [6.07, 6.45) is 4.25. The summed E-state index contributed by atoms with van der Waals surface area (Å²) < 4.78 is 5.19. The molecule has 0 bridgehead atoms. The molecule has 1 saturated carbocycles. The van der Waals surface area contributed by atoms with E-state index in [0.29, 0.717) is 12.8 Å². The minimum Gasteiger partial charge on any atom is -0.497 e. The maximum atomic E-state index is 10.5. The first kappa shape index (κ1) is 12.4. The number of methoxy groups -OCH3 is 1. The van der Waals surface area contributed by atoms with Gasteiger partial charge in [0.2, 0.25) is 0 Å². The van der Waals surface area contributed by atoms with Gasteiger partial charge >= 0.3 is 0 Å². The number of hydrogen-bond acceptors (Lipinski definition) is 3. The zero-order chi connectivity index (χ0) is 12.3. The Labute approximate surface area is 103 Å². The molecule has 0 spiro atoms. The Balaban J connectivity index is 2.08. The van der Waals surface area contributed by atoms with E-state index >= 15 is 0 Å². The Hall–Kier alpha value is -1.06. The second kappa shape index (κ2) is 5.07. The number of ether oxygens (including phenoxy) is 1. The van der Waals surface area contributed by atoms with Crippen molar-refractivity contribution < 1.29 is 9.84 Å². The van der Waals surface area contributed by atoms with Crippen LogP contribution >= 0.6 is 0 Å². The molecule has 1 aromatic rings. The van der Waals surface area contributed by atoms with Gasteiger partial charge in [-0.25, -0.2) is 0 Å². The molecule has 3 heteroatoms. The molecule has 2 atom stereocenters. The first-order valence-corrected chi connectivity index (χ1v) is 6.22. The minimum absolute atomic E-state index is 0.138. The molecule has 0 amide bonds. The molecule has 0 aliphatic heterocycles. The zero-order valence-corrected chi connectivity index (χ0v) is 10.4. The maximum Gasteiger partial charge on any atom is 0.119 e. The Morgan fingerprint density at radius 3 is 3.06 bits per heavy atom. The van der Waals surface area contributed by atoms with Crippen LogP contribution in [0.4, 0.5) is 0 Å². The van der Waals surface area contributed by atoms with Gasteiger partial charge in [-0.2, -0.15) is 0 Å². The van der Waals surface area contributed by atoms with Crippen LogP contribution < -0.4 is 10.5 Å². The van der Waals surface area contributed by atoms with Crippen LogP contribution in [0.25, 0.3) is 0 Å². The first-order chi connectivity index (χ1) is 8.11. The van der Waals surface area contributed by atoms with Crippen LogP contribution in [-0.2, 0) is 6.42 Å². The molecule has 1 aliphatic carbocycles. The fraction of sp³-hybridized carbons (Fsp3) is 0.571. The molecular weight excluding hydrogens is 214 g/mol. The predicted octanol–water partition coefficient (Wildman–Crippen LogP) is 1.87. The zero-order valence-electron chi connectivity index (χ0n) is 10.4. The van der Waals surface area contributed by atoms with Gasteiger partial charge in [-0.05, 0) is 43.4 Å². The Kier molecular flexibility index (Phi) is 3.69. The van der Waals surface area contributed by atoms with Gasteiger partial charge in [0.1, 0.15) is 5.75 Å². The fourth-order valence-corrected chi connectivity index (χ4v) is 2.71. The third-order valence-electron chi connectivity index (χ3n) is 3.53. The van der Waals surface area contributed by atoms with E-state index in [1.165, 1.54) is 0 Å². The Morgan fingerprint density at radius 2 is 2.35 bits per heavy atom. The van der Waals surface area contributed by atoms with Crippen LogP contribution in [0.3, 0.4) is 0 Å². The molecule has 1 aromatic carbocycles. The highest BCUT2D eigenvalue weighted by Gasteiger charge is 2.32. The molecule has 94 valence electrons. The summed E-state index contributed by atoms with van der Waals surface area (Å²) >= 11 is 0. The van der Waals surface area contributed by atoms with Gasteiger partial charge in [0, 0.05) is 12.5 Å². The number of aliphatic hydroxyl groups is 1. The number of rotatable bonds is 3. The molecule has 1 fully saturated rings. The quantitative estimate of drug-likeness (QED) is 0.841. The summed E-state index contributed by atoms with van der Waals surface area (Å²) in [5, 5.41) is 10.5. The van der Waals surface area contributed by atoms with E-state index in [1.807, 2.05) is 24.3 Å². The lowest BCUT2D eigenvalue weighted by Crippen LogP contribution is -2.42. The number of hydrogen-bond donors (Lipinski definition) is 2. The van der Waals surface area contributed by atoms with Gasteiger partial charge < -0.3 is 15.6 Å². The molecule has 0 aromatic heterocycles. The third-order valence-corrected chi connectivity index (χ3v) is 3.53. The van der Waals surface area contributed by atoms with Crippen molar-refractivity contribution in [2.75, 3.05) is 7.11 Å². The molecule has 0 heterocycles. The summed E-state index contributed by atoms with van der Waals surface area (Å²) in [6, 6.07) is 8.03. The third kappa shape index (κ3) is 3.20. The summed E-state index contributed by atoms with van der Waals surface area (Å²) in [7, 11) is 1.66. The molecule has 0 saturated heterocycles. The van der Waals surface area contributed by atoms with Gasteiger partial charge in [0.15, 0.2) is 0 Å². The average molecular weight is 235 g/mol. The lowest BCUT2D eigenvalue weighted by molar-refractivity contribution is -0.00192. The smallest absolute Gasteiger partial charge is 0.119 e. The van der Waals surface area contributed by atoms with Crippen molar-refractivity contribution in [3.63, 3.8) is 0 Å². The molecular formula is C14H21NO2. The number of nitrogens with two attached hydrogens (primary N) is 1. The van der Waals surface area contributed by atoms with E-state index in [-0.39, 0.29) is 6.04 Å². The molecule has 3 N–H and O–H groups in total. The topological polar surface area (TPSA) is 55.5 Å². The monoisotopic (exact) mass is 235 g/mol. The highest BCUT2D eigenvalue weighted by Crippen LogP contribution is 2.31. The Morgan fingerprint density at radius 1 is 1.53 bits per heavy atom. The first-order valence-electron chi connectivity index (χ1n) is 6.22.